The van der Waals surface area contributed by atoms with E-state index in [0.717, 1.165) is 19.6 Å². The van der Waals surface area contributed by atoms with Gasteiger partial charge in [-0.25, -0.2) is 0 Å². The highest BCUT2D eigenvalue weighted by Crippen LogP contribution is 2.09. The molecule has 0 N–H and O–H groups in total. The third-order valence-corrected chi connectivity index (χ3v) is 1.93. The molecule has 0 aromatic heterocycles. The van der Waals surface area contributed by atoms with Gasteiger partial charge in [0.2, 0.25) is 0 Å². The highest BCUT2D eigenvalue weighted by Gasteiger charge is 1.91. The summed E-state index contributed by atoms with van der Waals surface area (Å²) in [6.45, 7) is 11.7. The lowest BCUT2D eigenvalue weighted by atomic mass is 10.1. The van der Waals surface area contributed by atoms with Gasteiger partial charge in [-0.15, -0.1) is 6.58 Å². The quantitative estimate of drug-likeness (QED) is 0.431. The van der Waals surface area contributed by atoms with E-state index >= 15 is 0 Å². The van der Waals surface area contributed by atoms with Crippen LogP contribution in [-0.2, 0) is 4.74 Å². The van der Waals surface area contributed by atoms with Gasteiger partial charge < -0.3 is 4.74 Å². The van der Waals surface area contributed by atoms with Crippen molar-refractivity contribution < 1.29 is 4.74 Å². The molecule has 0 spiro atoms. The molecule has 0 saturated heterocycles. The summed E-state index contributed by atoms with van der Waals surface area (Å²) < 4.78 is 5.24. The van der Waals surface area contributed by atoms with Gasteiger partial charge in [0.05, 0.1) is 6.61 Å². The summed E-state index contributed by atoms with van der Waals surface area (Å²) in [6, 6.07) is 0. The number of allylic oxidation sites excluding steroid dienone is 2. The summed E-state index contributed by atoms with van der Waals surface area (Å²) >= 11 is 0. The first-order chi connectivity index (χ1) is 6.16. The fourth-order valence-corrected chi connectivity index (χ4v) is 1.09. The second kappa shape index (κ2) is 8.06. The molecular weight excluding hydrogens is 160 g/mol. The molecule has 0 fully saturated rings. The van der Waals surface area contributed by atoms with Crippen LogP contribution in [0, 0.1) is 0 Å². The molecule has 0 rings (SSSR count). The molecule has 0 aromatic rings. The van der Waals surface area contributed by atoms with E-state index in [0.29, 0.717) is 0 Å². The lowest BCUT2D eigenvalue weighted by Gasteiger charge is -2.01. The second-order valence-electron chi connectivity index (χ2n) is 3.52. The Balaban J connectivity index is 3.43. The van der Waals surface area contributed by atoms with Crippen LogP contribution in [0.3, 0.4) is 0 Å². The largest absolute Gasteiger partial charge is 0.378 e. The fraction of sp³-hybridized carbons (Fsp3) is 0.667. The van der Waals surface area contributed by atoms with Gasteiger partial charge in [0.1, 0.15) is 0 Å². The molecule has 0 unspecified atom stereocenters. The zero-order chi connectivity index (χ0) is 10.1. The predicted octanol–water partition coefficient (Wildman–Crippen LogP) is 3.72. The van der Waals surface area contributed by atoms with E-state index in [1.165, 1.54) is 24.0 Å². The van der Waals surface area contributed by atoms with E-state index in [1.807, 2.05) is 6.92 Å². The summed E-state index contributed by atoms with van der Waals surface area (Å²) in [5.41, 5.74) is 2.70. The van der Waals surface area contributed by atoms with E-state index in [4.69, 9.17) is 4.74 Å². The molecule has 0 aromatic carbocycles. The number of ether oxygens (including phenoxy) is 1. The monoisotopic (exact) mass is 182 g/mol. The van der Waals surface area contributed by atoms with Crippen molar-refractivity contribution in [1.82, 2.24) is 0 Å². The molecule has 0 bridgehead atoms. The Morgan fingerprint density at radius 2 is 2.00 bits per heavy atom. The van der Waals surface area contributed by atoms with Crippen molar-refractivity contribution in [2.75, 3.05) is 13.2 Å². The summed E-state index contributed by atoms with van der Waals surface area (Å²) in [5.74, 6) is 0. The van der Waals surface area contributed by atoms with Crippen LogP contribution in [0.2, 0.25) is 0 Å². The van der Waals surface area contributed by atoms with Crippen molar-refractivity contribution in [1.29, 1.82) is 0 Å². The molecule has 0 amide bonds. The molecule has 0 saturated carbocycles. The SMILES string of the molecule is C=C(C)CCC/C(C)=C/COCC. The van der Waals surface area contributed by atoms with Crippen LogP contribution in [0.15, 0.2) is 23.8 Å². The first-order valence-electron chi connectivity index (χ1n) is 5.04. The number of hydrogen-bond acceptors (Lipinski definition) is 1. The maximum Gasteiger partial charge on any atom is 0.0649 e. The highest BCUT2D eigenvalue weighted by atomic mass is 16.5. The maximum atomic E-state index is 5.24. The lowest BCUT2D eigenvalue weighted by Crippen LogP contribution is -1.90. The van der Waals surface area contributed by atoms with Gasteiger partial charge in [-0.1, -0.05) is 17.2 Å². The first kappa shape index (κ1) is 12.4. The smallest absolute Gasteiger partial charge is 0.0649 e. The van der Waals surface area contributed by atoms with Crippen LogP contribution in [0.25, 0.3) is 0 Å². The average Bonchev–Trinajstić information content (AvgIpc) is 2.04. The van der Waals surface area contributed by atoms with Crippen molar-refractivity contribution in [3.63, 3.8) is 0 Å². The van der Waals surface area contributed by atoms with E-state index in [-0.39, 0.29) is 0 Å². The minimum atomic E-state index is 0.759. The molecule has 0 radical (unpaired) electrons. The molecule has 0 aliphatic heterocycles. The molecular formula is C12H22O. The summed E-state index contributed by atoms with van der Waals surface area (Å²) in [7, 11) is 0. The summed E-state index contributed by atoms with van der Waals surface area (Å²) in [6.07, 6.45) is 5.69. The highest BCUT2D eigenvalue weighted by molar-refractivity contribution is 4.99. The van der Waals surface area contributed by atoms with Gasteiger partial charge in [0, 0.05) is 6.61 Å². The van der Waals surface area contributed by atoms with E-state index < -0.39 is 0 Å². The van der Waals surface area contributed by atoms with Crippen LogP contribution in [0.4, 0.5) is 0 Å². The maximum absolute atomic E-state index is 5.24. The Morgan fingerprint density at radius 3 is 2.54 bits per heavy atom. The Hall–Kier alpha value is -0.560. The van der Waals surface area contributed by atoms with Crippen LogP contribution in [-0.4, -0.2) is 13.2 Å². The molecule has 1 nitrogen and oxygen atoms in total. The van der Waals surface area contributed by atoms with Crippen LogP contribution < -0.4 is 0 Å². The third-order valence-electron chi connectivity index (χ3n) is 1.93. The Morgan fingerprint density at radius 1 is 1.31 bits per heavy atom. The number of hydrogen-bond donors (Lipinski definition) is 0. The third kappa shape index (κ3) is 9.35. The van der Waals surface area contributed by atoms with Gasteiger partial charge in [-0.05, 0) is 40.0 Å². The minimum absolute atomic E-state index is 0.759. The predicted molar refractivity (Wildman–Crippen MR) is 58.9 cm³/mol. The standard InChI is InChI=1S/C12H22O/c1-5-13-10-9-12(4)8-6-7-11(2)3/h9H,2,5-8,10H2,1,3-4H3/b12-9+. The van der Waals surface area contributed by atoms with Crippen molar-refractivity contribution >= 4 is 0 Å². The normalized spacial score (nSPS) is 11.8. The first-order valence-corrected chi connectivity index (χ1v) is 5.04. The Kier molecular flexibility index (Phi) is 7.71. The van der Waals surface area contributed by atoms with E-state index in [9.17, 15) is 0 Å². The second-order valence-corrected chi connectivity index (χ2v) is 3.52. The van der Waals surface area contributed by atoms with Crippen molar-refractivity contribution in [3.8, 4) is 0 Å². The zero-order valence-corrected chi connectivity index (χ0v) is 9.23. The molecule has 76 valence electrons. The molecule has 1 heteroatoms. The van der Waals surface area contributed by atoms with Gasteiger partial charge in [-0.2, -0.15) is 0 Å². The van der Waals surface area contributed by atoms with Gasteiger partial charge in [0.15, 0.2) is 0 Å². The van der Waals surface area contributed by atoms with Crippen LogP contribution >= 0.6 is 0 Å². The minimum Gasteiger partial charge on any atom is -0.378 e. The summed E-state index contributed by atoms with van der Waals surface area (Å²) in [4.78, 5) is 0. The zero-order valence-electron chi connectivity index (χ0n) is 9.23. The molecule has 13 heavy (non-hydrogen) atoms. The molecule has 0 heterocycles. The average molecular weight is 182 g/mol. The van der Waals surface area contributed by atoms with E-state index in [1.54, 1.807) is 0 Å². The molecule has 0 aliphatic rings. The Bertz CT molecular complexity index is 168. The van der Waals surface area contributed by atoms with Gasteiger partial charge in [0.25, 0.3) is 0 Å². The summed E-state index contributed by atoms with van der Waals surface area (Å²) in [5, 5.41) is 0. The van der Waals surface area contributed by atoms with Crippen molar-refractivity contribution in [2.24, 2.45) is 0 Å². The van der Waals surface area contributed by atoms with E-state index in [2.05, 4.69) is 26.5 Å². The van der Waals surface area contributed by atoms with Gasteiger partial charge >= 0.3 is 0 Å². The van der Waals surface area contributed by atoms with Gasteiger partial charge in [-0.3, -0.25) is 0 Å². The molecule has 0 aliphatic carbocycles. The fourth-order valence-electron chi connectivity index (χ4n) is 1.09. The molecule has 0 atom stereocenters. The van der Waals surface area contributed by atoms with Crippen molar-refractivity contribution in [3.05, 3.63) is 23.8 Å². The lowest BCUT2D eigenvalue weighted by molar-refractivity contribution is 0.177. The van der Waals surface area contributed by atoms with Crippen LogP contribution in [0.5, 0.6) is 0 Å². The topological polar surface area (TPSA) is 9.23 Å². The van der Waals surface area contributed by atoms with Crippen LogP contribution in [0.1, 0.15) is 40.0 Å². The van der Waals surface area contributed by atoms with Crippen molar-refractivity contribution in [2.45, 2.75) is 40.0 Å². The Labute approximate surface area is 82.5 Å². The number of rotatable bonds is 7.